The van der Waals surface area contributed by atoms with Gasteiger partial charge < -0.3 is 29.6 Å². The molecule has 38 heavy (non-hydrogen) atoms. The summed E-state index contributed by atoms with van der Waals surface area (Å²) in [5.74, 6) is -5.08. The molecule has 2 aromatic carbocycles. The molecule has 1 aliphatic heterocycles. The van der Waals surface area contributed by atoms with Crippen LogP contribution in [0.1, 0.15) is 36.2 Å². The average molecular weight is 527 g/mol. The number of H-pyrrole nitrogens is 1. The molecule has 0 amide bonds. The molecule has 0 unspecified atom stereocenters. The number of hydrogen-bond acceptors (Lipinski definition) is 5. The van der Waals surface area contributed by atoms with Gasteiger partial charge >= 0.3 is 5.97 Å². The topological polar surface area (TPSA) is 99.6 Å². The Labute approximate surface area is 214 Å². The molecule has 0 spiro atoms. The van der Waals surface area contributed by atoms with Crippen molar-refractivity contribution in [3.05, 3.63) is 69.9 Å². The number of hydrogen-bond donors (Lipinski definition) is 3. The van der Waals surface area contributed by atoms with Gasteiger partial charge in [0, 0.05) is 49.1 Å². The van der Waals surface area contributed by atoms with Gasteiger partial charge in [0.05, 0.1) is 16.9 Å². The molecule has 2 atom stereocenters. The van der Waals surface area contributed by atoms with Crippen LogP contribution < -0.4 is 20.4 Å². The fraction of sp³-hybridized carbons (Fsp3) is 0.333. The number of pyridine rings is 1. The Hall–Kier alpha value is -3.99. The predicted octanol–water partition coefficient (Wildman–Crippen LogP) is 4.18. The Bertz CT molecular complexity index is 1650. The second-order valence-electron chi connectivity index (χ2n) is 10.0. The van der Waals surface area contributed by atoms with Crippen molar-refractivity contribution in [2.24, 2.45) is 0 Å². The molecule has 0 radical (unpaired) electrons. The fourth-order valence-electron chi connectivity index (χ4n) is 5.33. The number of rotatable bonds is 6. The number of carboxylic acids is 1. The third kappa shape index (κ3) is 4.07. The van der Waals surface area contributed by atoms with Gasteiger partial charge in [0.2, 0.25) is 5.43 Å². The van der Waals surface area contributed by atoms with Crippen LogP contribution in [0.25, 0.3) is 21.8 Å². The molecule has 11 heteroatoms. The summed E-state index contributed by atoms with van der Waals surface area (Å²) >= 11 is 0. The van der Waals surface area contributed by atoms with Gasteiger partial charge in [0.25, 0.3) is 0 Å². The standard InChI is InChI=1S/C27H25F3N4O4/c1-13-9-33(10-15(32-13)12-38-17-5-2-14-6-7-31-19(14)8-17)25-22(29)21(28)20-24(23(25)30)34(16-3-4-16)11-18(26(20)35)27(36)37/h2,5-8,11,13,15-16,31-32H,3-4,9-10,12H2,1H3,(H,36,37)/t13-,15-/m1/s1. The smallest absolute Gasteiger partial charge is 0.341 e. The highest BCUT2D eigenvalue weighted by Gasteiger charge is 2.35. The second kappa shape index (κ2) is 9.09. The third-order valence-electron chi connectivity index (χ3n) is 7.19. The Balaban J connectivity index is 1.36. The first-order chi connectivity index (χ1) is 18.2. The summed E-state index contributed by atoms with van der Waals surface area (Å²) in [6, 6.07) is 6.72. The first-order valence-corrected chi connectivity index (χ1v) is 12.4. The number of carboxylic acid groups (broad SMARTS) is 1. The Morgan fingerprint density at radius 2 is 1.92 bits per heavy atom. The minimum absolute atomic E-state index is 0.120. The Morgan fingerprint density at radius 3 is 2.66 bits per heavy atom. The van der Waals surface area contributed by atoms with Gasteiger partial charge in [-0.05, 0) is 43.4 Å². The number of aromatic amines is 1. The zero-order valence-electron chi connectivity index (χ0n) is 20.4. The minimum Gasteiger partial charge on any atom is -0.492 e. The summed E-state index contributed by atoms with van der Waals surface area (Å²) in [5.41, 5.74) is -2.03. The van der Waals surface area contributed by atoms with E-state index in [1.807, 2.05) is 37.4 Å². The number of ether oxygens (including phenoxy) is 1. The van der Waals surface area contributed by atoms with Crippen molar-refractivity contribution in [3.8, 4) is 5.75 Å². The van der Waals surface area contributed by atoms with Gasteiger partial charge in [-0.25, -0.2) is 18.0 Å². The van der Waals surface area contributed by atoms with Crippen LogP contribution in [0.4, 0.5) is 18.9 Å². The first kappa shape index (κ1) is 24.4. The molecule has 2 aliphatic rings. The normalized spacial score (nSPS) is 19.8. The lowest BCUT2D eigenvalue weighted by atomic mass is 10.1. The summed E-state index contributed by atoms with van der Waals surface area (Å²) < 4.78 is 54.1. The van der Waals surface area contributed by atoms with E-state index < -0.39 is 51.0 Å². The van der Waals surface area contributed by atoms with Crippen LogP contribution in [0.5, 0.6) is 5.75 Å². The number of carbonyl (C=O) groups is 1. The molecule has 2 fully saturated rings. The predicted molar refractivity (Wildman–Crippen MR) is 136 cm³/mol. The number of benzene rings is 2. The third-order valence-corrected chi connectivity index (χ3v) is 7.19. The molecule has 1 saturated carbocycles. The monoisotopic (exact) mass is 526 g/mol. The van der Waals surface area contributed by atoms with Gasteiger partial charge in [-0.1, -0.05) is 0 Å². The van der Waals surface area contributed by atoms with E-state index >= 15 is 13.2 Å². The highest BCUT2D eigenvalue weighted by Crippen LogP contribution is 2.40. The van der Waals surface area contributed by atoms with Gasteiger partial charge in [-0.2, -0.15) is 0 Å². The summed E-state index contributed by atoms with van der Waals surface area (Å²) in [6.07, 6.45) is 4.09. The second-order valence-corrected chi connectivity index (χ2v) is 10.0. The van der Waals surface area contributed by atoms with Crippen LogP contribution >= 0.6 is 0 Å². The molecule has 198 valence electrons. The van der Waals surface area contributed by atoms with E-state index in [1.54, 1.807) is 0 Å². The number of aromatic nitrogens is 2. The van der Waals surface area contributed by atoms with Crippen LogP contribution in [0.15, 0.2) is 41.5 Å². The summed E-state index contributed by atoms with van der Waals surface area (Å²) in [6.45, 7) is 2.34. The van der Waals surface area contributed by atoms with Crippen LogP contribution in [0.2, 0.25) is 0 Å². The molecule has 3 heterocycles. The lowest BCUT2D eigenvalue weighted by Crippen LogP contribution is -2.58. The maximum absolute atomic E-state index is 16.1. The average Bonchev–Trinajstić information content (AvgIpc) is 3.62. The number of aromatic carboxylic acids is 1. The zero-order chi connectivity index (χ0) is 26.7. The van der Waals surface area contributed by atoms with Crippen molar-refractivity contribution >= 4 is 33.5 Å². The van der Waals surface area contributed by atoms with E-state index in [9.17, 15) is 14.7 Å². The van der Waals surface area contributed by atoms with E-state index in [0.717, 1.165) is 17.1 Å². The van der Waals surface area contributed by atoms with E-state index in [0.29, 0.717) is 18.6 Å². The highest BCUT2D eigenvalue weighted by atomic mass is 19.2. The lowest BCUT2D eigenvalue weighted by Gasteiger charge is -2.39. The van der Waals surface area contributed by atoms with Crippen LogP contribution in [0, 0.1) is 17.5 Å². The van der Waals surface area contributed by atoms with Gasteiger partial charge in [-0.15, -0.1) is 0 Å². The molecular formula is C27H25F3N4O4. The zero-order valence-corrected chi connectivity index (χ0v) is 20.4. The van der Waals surface area contributed by atoms with Crippen molar-refractivity contribution in [1.82, 2.24) is 14.9 Å². The maximum Gasteiger partial charge on any atom is 0.341 e. The fourth-order valence-corrected chi connectivity index (χ4v) is 5.33. The van der Waals surface area contributed by atoms with Crippen LogP contribution in [-0.2, 0) is 0 Å². The SMILES string of the molecule is C[C@@H]1CN(c2c(F)c(F)c3c(=O)c(C(=O)O)cn(C4CC4)c3c2F)C[C@H](COc2ccc3cc[nH]c3c2)N1. The molecule has 2 aromatic heterocycles. The quantitative estimate of drug-likeness (QED) is 0.326. The summed E-state index contributed by atoms with van der Waals surface area (Å²) in [7, 11) is 0. The molecule has 8 nitrogen and oxygen atoms in total. The van der Waals surface area contributed by atoms with Crippen LogP contribution in [0.3, 0.4) is 0 Å². The van der Waals surface area contributed by atoms with Crippen molar-refractivity contribution < 1.29 is 27.8 Å². The lowest BCUT2D eigenvalue weighted by molar-refractivity contribution is 0.0694. The molecular weight excluding hydrogens is 501 g/mol. The number of piperazine rings is 1. The number of anilines is 1. The van der Waals surface area contributed by atoms with Gasteiger partial charge in [0.1, 0.15) is 23.6 Å². The molecule has 1 aliphatic carbocycles. The minimum atomic E-state index is -1.58. The maximum atomic E-state index is 16.1. The Morgan fingerprint density at radius 1 is 1.13 bits per heavy atom. The van der Waals surface area contributed by atoms with E-state index in [1.165, 1.54) is 9.47 Å². The van der Waals surface area contributed by atoms with Gasteiger partial charge in [-0.3, -0.25) is 4.79 Å². The van der Waals surface area contributed by atoms with Crippen molar-refractivity contribution in [1.29, 1.82) is 0 Å². The number of halogens is 3. The molecule has 4 aromatic rings. The number of fused-ring (bicyclic) bond motifs is 2. The molecule has 3 N–H and O–H groups in total. The Kier molecular flexibility index (Phi) is 5.82. The number of nitrogens with zero attached hydrogens (tertiary/aromatic N) is 2. The summed E-state index contributed by atoms with van der Waals surface area (Å²) in [4.78, 5) is 28.9. The largest absolute Gasteiger partial charge is 0.492 e. The van der Waals surface area contributed by atoms with Crippen molar-refractivity contribution in [2.75, 3.05) is 24.6 Å². The van der Waals surface area contributed by atoms with Gasteiger partial charge in [0.15, 0.2) is 17.5 Å². The highest BCUT2D eigenvalue weighted by molar-refractivity contribution is 5.94. The summed E-state index contributed by atoms with van der Waals surface area (Å²) in [5, 5.41) is 12.9. The first-order valence-electron chi connectivity index (χ1n) is 12.4. The van der Waals surface area contributed by atoms with Crippen LogP contribution in [-0.4, -0.2) is 52.4 Å². The van der Waals surface area contributed by atoms with E-state index in [2.05, 4.69) is 10.3 Å². The molecule has 0 bridgehead atoms. The van der Waals surface area contributed by atoms with E-state index in [-0.39, 0.29) is 37.8 Å². The number of nitrogens with one attached hydrogen (secondary N) is 2. The molecule has 6 rings (SSSR count). The van der Waals surface area contributed by atoms with Crippen molar-refractivity contribution in [3.63, 3.8) is 0 Å². The van der Waals surface area contributed by atoms with E-state index in [4.69, 9.17) is 4.74 Å². The molecule has 1 saturated heterocycles. The van der Waals surface area contributed by atoms with Crippen molar-refractivity contribution in [2.45, 2.75) is 37.9 Å².